The molecule has 1 unspecified atom stereocenters. The Morgan fingerprint density at radius 1 is 1.22 bits per heavy atom. The first-order chi connectivity index (χ1) is 15.2. The van der Waals surface area contributed by atoms with Crippen molar-refractivity contribution in [2.24, 2.45) is 5.73 Å². The van der Waals surface area contributed by atoms with Crippen molar-refractivity contribution in [1.82, 2.24) is 19.9 Å². The molecule has 0 spiro atoms. The van der Waals surface area contributed by atoms with Gasteiger partial charge in [-0.05, 0) is 43.5 Å². The number of fused-ring (bicyclic) bond motifs is 1. The minimum atomic E-state index is -0.600. The molecule has 2 heterocycles. The number of amides is 2. The van der Waals surface area contributed by atoms with E-state index < -0.39 is 17.9 Å². The molecule has 32 heavy (non-hydrogen) atoms. The number of ether oxygens (including phenoxy) is 1. The summed E-state index contributed by atoms with van der Waals surface area (Å²) in [6.45, 7) is 3.66. The van der Waals surface area contributed by atoms with E-state index in [0.717, 1.165) is 16.8 Å². The number of hydrogen-bond donors (Lipinski definition) is 2. The Morgan fingerprint density at radius 3 is 2.53 bits per heavy atom. The maximum absolute atomic E-state index is 12.7. The van der Waals surface area contributed by atoms with Crippen LogP contribution in [0.15, 0.2) is 30.5 Å². The second-order valence-corrected chi connectivity index (χ2v) is 7.81. The van der Waals surface area contributed by atoms with Gasteiger partial charge in [0.1, 0.15) is 5.56 Å². The predicted molar refractivity (Wildman–Crippen MR) is 118 cm³/mol. The quantitative estimate of drug-likeness (QED) is 0.500. The number of carbonyl (C=O) groups is 3. The van der Waals surface area contributed by atoms with Crippen LogP contribution in [0.4, 0.5) is 0 Å². The Labute approximate surface area is 189 Å². The highest BCUT2D eigenvalue weighted by molar-refractivity contribution is 6.30. The van der Waals surface area contributed by atoms with Gasteiger partial charge in [0.05, 0.1) is 25.8 Å². The summed E-state index contributed by atoms with van der Waals surface area (Å²) in [4.78, 5) is 40.6. The van der Waals surface area contributed by atoms with Gasteiger partial charge in [-0.3, -0.25) is 14.4 Å². The van der Waals surface area contributed by atoms with E-state index in [-0.39, 0.29) is 24.3 Å². The Kier molecular flexibility index (Phi) is 7.09. The third-order valence-corrected chi connectivity index (χ3v) is 5.53. The number of methoxy groups -OCH3 is 1. The lowest BCUT2D eigenvalue weighted by Gasteiger charge is -2.19. The number of benzene rings is 1. The summed E-state index contributed by atoms with van der Waals surface area (Å²) in [6.07, 6.45) is 1.96. The minimum Gasteiger partial charge on any atom is -0.469 e. The van der Waals surface area contributed by atoms with Crippen LogP contribution in [0.3, 0.4) is 0 Å². The summed E-state index contributed by atoms with van der Waals surface area (Å²) >= 11 is 5.94. The highest BCUT2D eigenvalue weighted by Gasteiger charge is 2.21. The highest BCUT2D eigenvalue weighted by atomic mass is 35.5. The molecule has 0 fully saturated rings. The molecule has 0 bridgehead atoms. The fourth-order valence-electron chi connectivity index (χ4n) is 3.55. The van der Waals surface area contributed by atoms with Crippen molar-refractivity contribution in [1.29, 1.82) is 0 Å². The normalized spacial score (nSPS) is 11.9. The van der Waals surface area contributed by atoms with E-state index in [1.807, 2.05) is 13.8 Å². The van der Waals surface area contributed by atoms with Gasteiger partial charge < -0.3 is 15.8 Å². The number of aromatic nitrogens is 3. The molecule has 1 atom stereocenters. The standard InChI is InChI=1S/C22H24ClN5O4/c1-12-16(13(2)28-22(26-12)17(11-25-28)21(24)31)8-9-19(29)27-18(10-20(30)32-3)14-4-6-15(23)7-5-14/h4-7,11,18H,8-10H2,1-3H3,(H2,24,31)(H,27,29). The fraction of sp³-hybridized carbons (Fsp3) is 0.318. The zero-order valence-electron chi connectivity index (χ0n) is 18.0. The largest absolute Gasteiger partial charge is 0.469 e. The number of hydrogen-bond acceptors (Lipinski definition) is 6. The van der Waals surface area contributed by atoms with Gasteiger partial charge in [0.15, 0.2) is 5.65 Å². The summed E-state index contributed by atoms with van der Waals surface area (Å²) in [5.74, 6) is -1.26. The number of nitrogens with one attached hydrogen (secondary N) is 1. The van der Waals surface area contributed by atoms with E-state index >= 15 is 0 Å². The van der Waals surface area contributed by atoms with Crippen LogP contribution in [0.5, 0.6) is 0 Å². The Balaban J connectivity index is 1.76. The number of aryl methyl sites for hydroxylation is 2. The van der Waals surface area contributed by atoms with Crippen LogP contribution in [-0.2, 0) is 20.7 Å². The predicted octanol–water partition coefficient (Wildman–Crippen LogP) is 2.45. The van der Waals surface area contributed by atoms with Crippen LogP contribution < -0.4 is 11.1 Å². The van der Waals surface area contributed by atoms with E-state index in [9.17, 15) is 14.4 Å². The fourth-order valence-corrected chi connectivity index (χ4v) is 3.67. The molecule has 3 aromatic rings. The molecule has 0 aliphatic carbocycles. The van der Waals surface area contributed by atoms with Crippen LogP contribution in [0, 0.1) is 13.8 Å². The molecule has 0 aliphatic rings. The van der Waals surface area contributed by atoms with Gasteiger partial charge in [-0.2, -0.15) is 5.10 Å². The molecule has 10 heteroatoms. The minimum absolute atomic E-state index is 0.00136. The van der Waals surface area contributed by atoms with Gasteiger partial charge in [-0.1, -0.05) is 23.7 Å². The van der Waals surface area contributed by atoms with Crippen LogP contribution in [-0.4, -0.2) is 39.5 Å². The molecule has 2 amide bonds. The van der Waals surface area contributed by atoms with Crippen molar-refractivity contribution >= 4 is 35.0 Å². The summed E-state index contributed by atoms with van der Waals surface area (Å²) in [5.41, 5.74) is 9.08. The Bertz CT molecular complexity index is 1170. The van der Waals surface area contributed by atoms with Crippen molar-refractivity contribution in [3.05, 3.63) is 63.6 Å². The van der Waals surface area contributed by atoms with Crippen LogP contribution >= 0.6 is 11.6 Å². The maximum atomic E-state index is 12.7. The lowest BCUT2D eigenvalue weighted by atomic mass is 10.0. The second kappa shape index (κ2) is 9.78. The number of nitrogens with zero attached hydrogens (tertiary/aromatic N) is 3. The first-order valence-corrected chi connectivity index (χ1v) is 10.3. The molecule has 0 saturated carbocycles. The van der Waals surface area contributed by atoms with Crippen molar-refractivity contribution in [3.8, 4) is 0 Å². The number of carbonyl (C=O) groups excluding carboxylic acids is 3. The average Bonchev–Trinajstić information content (AvgIpc) is 3.17. The summed E-state index contributed by atoms with van der Waals surface area (Å²) in [7, 11) is 1.30. The zero-order chi connectivity index (χ0) is 23.4. The molecule has 9 nitrogen and oxygen atoms in total. The van der Waals surface area contributed by atoms with Crippen molar-refractivity contribution < 1.29 is 19.1 Å². The van der Waals surface area contributed by atoms with E-state index in [1.54, 1.807) is 28.8 Å². The molecule has 168 valence electrons. The van der Waals surface area contributed by atoms with Gasteiger partial charge >= 0.3 is 5.97 Å². The third-order valence-electron chi connectivity index (χ3n) is 5.28. The molecule has 1 aromatic carbocycles. The molecule has 0 saturated heterocycles. The molecule has 2 aromatic heterocycles. The molecule has 0 radical (unpaired) electrons. The highest BCUT2D eigenvalue weighted by Crippen LogP contribution is 2.22. The molecular formula is C22H24ClN5O4. The Hall–Kier alpha value is -3.46. The summed E-state index contributed by atoms with van der Waals surface area (Å²) in [5, 5.41) is 7.65. The number of rotatable bonds is 8. The maximum Gasteiger partial charge on any atom is 0.307 e. The van der Waals surface area contributed by atoms with E-state index in [2.05, 4.69) is 15.4 Å². The van der Waals surface area contributed by atoms with Gasteiger partial charge in [-0.25, -0.2) is 9.50 Å². The van der Waals surface area contributed by atoms with Crippen LogP contribution in [0.25, 0.3) is 5.65 Å². The molecular weight excluding hydrogens is 434 g/mol. The second-order valence-electron chi connectivity index (χ2n) is 7.37. The first-order valence-electron chi connectivity index (χ1n) is 9.96. The lowest BCUT2D eigenvalue weighted by Crippen LogP contribution is -2.30. The number of primary amides is 1. The van der Waals surface area contributed by atoms with Gasteiger partial charge in [0.25, 0.3) is 5.91 Å². The number of halogens is 1. The zero-order valence-corrected chi connectivity index (χ0v) is 18.8. The van der Waals surface area contributed by atoms with Crippen molar-refractivity contribution in [2.75, 3.05) is 7.11 Å². The smallest absolute Gasteiger partial charge is 0.307 e. The molecule has 0 aliphatic heterocycles. The topological polar surface area (TPSA) is 129 Å². The van der Waals surface area contributed by atoms with Gasteiger partial charge in [0, 0.05) is 22.8 Å². The SMILES string of the molecule is COC(=O)CC(NC(=O)CCc1c(C)nc2c(C(N)=O)cnn2c1C)c1ccc(Cl)cc1. The third kappa shape index (κ3) is 5.05. The number of nitrogens with two attached hydrogens (primary N) is 1. The lowest BCUT2D eigenvalue weighted by molar-refractivity contribution is -0.141. The van der Waals surface area contributed by atoms with E-state index in [0.29, 0.717) is 22.8 Å². The Morgan fingerprint density at radius 2 is 1.91 bits per heavy atom. The van der Waals surface area contributed by atoms with Gasteiger partial charge in [0.2, 0.25) is 5.91 Å². The molecule has 3 N–H and O–H groups in total. The average molecular weight is 458 g/mol. The van der Waals surface area contributed by atoms with E-state index in [1.165, 1.54) is 13.3 Å². The van der Waals surface area contributed by atoms with E-state index in [4.69, 9.17) is 22.1 Å². The van der Waals surface area contributed by atoms with Crippen LogP contribution in [0.2, 0.25) is 5.02 Å². The van der Waals surface area contributed by atoms with Crippen LogP contribution in [0.1, 0.15) is 51.8 Å². The van der Waals surface area contributed by atoms with Crippen molar-refractivity contribution in [3.63, 3.8) is 0 Å². The van der Waals surface area contributed by atoms with Crippen molar-refractivity contribution in [2.45, 2.75) is 39.2 Å². The van der Waals surface area contributed by atoms with Gasteiger partial charge in [-0.15, -0.1) is 0 Å². The summed E-state index contributed by atoms with van der Waals surface area (Å²) in [6, 6.07) is 6.38. The number of esters is 1. The first kappa shape index (κ1) is 23.2. The monoisotopic (exact) mass is 457 g/mol. The molecule has 3 rings (SSSR count). The summed E-state index contributed by atoms with van der Waals surface area (Å²) < 4.78 is 6.31.